The van der Waals surface area contributed by atoms with Crippen LogP contribution in [0.2, 0.25) is 0 Å². The summed E-state index contributed by atoms with van der Waals surface area (Å²) in [6, 6.07) is 0. The summed E-state index contributed by atoms with van der Waals surface area (Å²) in [5.41, 5.74) is 0. The van der Waals surface area contributed by atoms with Gasteiger partial charge in [0.05, 0.1) is 0 Å². The number of hydrogen-bond acceptors (Lipinski definition) is 1. The van der Waals surface area contributed by atoms with Crippen LogP contribution in [0.3, 0.4) is 0 Å². The molecule has 1 N–H and O–H groups in total. The first-order chi connectivity index (χ1) is 8.77. The fraction of sp³-hybridized carbons (Fsp3) is 0. The molecule has 0 heterocycles. The molecule has 0 rings (SSSR count). The van der Waals surface area contributed by atoms with Crippen LogP contribution in [0.4, 0.5) is 0 Å². The third-order valence-corrected chi connectivity index (χ3v) is 2330. The molecule has 0 aromatic carbocycles. The second-order valence-corrected chi connectivity index (χ2v) is 687. The third kappa shape index (κ3) is 30.1. The van der Waals surface area contributed by atoms with Gasteiger partial charge >= 0.3 is 232 Å². The first kappa shape index (κ1) is 32.1. The normalized spacial score (nSPS) is 12.2. The van der Waals surface area contributed by atoms with E-state index in [2.05, 4.69) is 0 Å². The Bertz CT molecular complexity index is 281. The predicted molar refractivity (Wildman–Crippen MR) is 99.2 cm³/mol. The first-order valence-electron chi connectivity index (χ1n) is 2.93. The molecule has 0 aliphatic heterocycles. The molecule has 112 valence electrons. The average Bonchev–Trinajstić information content (AvgIpc) is 2.34. The Morgan fingerprint density at radius 2 is 1.44 bits per heavy atom. The minimum absolute atomic E-state index is 0.172. The van der Waals surface area contributed by atoms with Crippen LogP contribution >= 0.6 is 0 Å². The molecule has 0 unspecified atom stereocenters. The topological polar surface area (TPSA) is 37.3 Å². The summed E-state index contributed by atoms with van der Waals surface area (Å²) in [4.78, 5) is 0. The van der Waals surface area contributed by atoms with Crippen molar-refractivity contribution in [3.8, 4) is 0 Å². The monoisotopic (exact) mass is 3380 g/mol. The molecule has 0 aromatic rings. The van der Waals surface area contributed by atoms with E-state index in [9.17, 15) is 2.77 Å². The molecule has 18 heavy (non-hydrogen) atoms. The third-order valence-electron chi connectivity index (χ3n) is 0.444. The minimum atomic E-state index is -2.58. The zero-order valence-electron chi connectivity index (χ0n) is 7.50. The summed E-state index contributed by atoms with van der Waals surface area (Å²) in [5.74, 6) is 0. The Kier molecular flexibility index (Phi) is 51.9. The fourth-order valence-electron chi connectivity index (χ4n) is 0.173. The van der Waals surface area contributed by atoms with Gasteiger partial charge in [-0.15, -0.1) is 0 Å². The van der Waals surface area contributed by atoms with Crippen molar-refractivity contribution in [3.63, 3.8) is 0 Å². The maximum atomic E-state index is 10.8. The summed E-state index contributed by atoms with van der Waals surface area (Å²) in [6.45, 7) is 0. The number of rotatable bonds is 10. The Morgan fingerprint density at radius 1 is 0.889 bits per heavy atom. The standard InChI is InChI=1S/H2O.O.16Po.3H/h1H2;;;;;;;;;;;;;;;;;;;;/q;;;;;;;;;;;;;;;;;+1;;;/p-1. The maximum absolute atomic E-state index is 10.8. The van der Waals surface area contributed by atoms with E-state index in [1.54, 1.807) is 0 Å². The first-order valence-corrected chi connectivity index (χ1v) is 202. The van der Waals surface area contributed by atoms with Gasteiger partial charge in [0.25, 0.3) is 0 Å². The van der Waals surface area contributed by atoms with Gasteiger partial charge in [0.2, 0.25) is 0 Å². The van der Waals surface area contributed by atoms with Gasteiger partial charge in [-0.3, -0.25) is 0 Å². The van der Waals surface area contributed by atoms with Crippen LogP contribution in [-0.2, 0) is 2.77 Å². The van der Waals surface area contributed by atoms with Crippen LogP contribution in [0.5, 0.6) is 0 Å². The molecule has 2 nitrogen and oxygen atoms in total. The second kappa shape index (κ2) is 29.1. The quantitative estimate of drug-likeness (QED) is 0.221. The van der Waals surface area contributed by atoms with Gasteiger partial charge < -0.3 is 0 Å². The van der Waals surface area contributed by atoms with Gasteiger partial charge in [-0.05, 0) is 0 Å². The molecule has 0 saturated carbocycles. The van der Waals surface area contributed by atoms with Crippen molar-refractivity contribution in [2.45, 2.75) is 0 Å². The Balaban J connectivity index is 3.17. The van der Waals surface area contributed by atoms with Gasteiger partial charge in [0, 0.05) is 0 Å². The van der Waals surface area contributed by atoms with E-state index < -0.39 is 17.6 Å². The van der Waals surface area contributed by atoms with Crippen LogP contribution in [0, 0.1) is 0 Å². The molecule has 0 amide bonds. The van der Waals surface area contributed by atoms with E-state index in [4.69, 9.17) is 3.14 Å². The van der Waals surface area contributed by atoms with E-state index in [-0.39, 0.29) is 25.4 Å². The van der Waals surface area contributed by atoms with Crippen molar-refractivity contribution in [3.05, 3.63) is 0 Å². The van der Waals surface area contributed by atoms with E-state index >= 15 is 0 Å². The summed E-state index contributed by atoms with van der Waals surface area (Å²) >= 11 is 6.86. The van der Waals surface area contributed by atoms with E-state index in [0.29, 0.717) is 108 Å². The molecular formula is H4O2Po16. The molecule has 0 aliphatic carbocycles. The van der Waals surface area contributed by atoms with Crippen LogP contribution in [0.15, 0.2) is 0 Å². The SMILES string of the molecule is [O]=[Po]([OH])[Po]#[Po][PoH]=[PoH][Po][Po][Po][Po][Po][Po][Po][Po][Po][Po][PoH]. The zero-order chi connectivity index (χ0) is 13.5. The molecule has 0 aliphatic rings. The van der Waals surface area contributed by atoms with Crippen molar-refractivity contribution in [2.24, 2.45) is 0 Å². The van der Waals surface area contributed by atoms with Gasteiger partial charge in [0.1, 0.15) is 0 Å². The molecular weight excluding hydrogens is 3380 g/mol. The van der Waals surface area contributed by atoms with Crippen LogP contribution in [-0.4, -0.2) is 229 Å². The Hall–Kier alpha value is 14.1. The van der Waals surface area contributed by atoms with Crippen LogP contribution in [0.25, 0.3) is 0 Å². The summed E-state index contributed by atoms with van der Waals surface area (Å²) in [6.07, 6.45) is 0. The molecule has 0 bridgehead atoms. The van der Waals surface area contributed by atoms with Crippen molar-refractivity contribution >= 4 is 226 Å². The van der Waals surface area contributed by atoms with E-state index in [0.717, 1.165) is 54.8 Å². The van der Waals surface area contributed by atoms with Crippen molar-refractivity contribution in [1.29, 1.82) is 0 Å². The zero-order valence-corrected chi connectivity index (χ0v) is 59.2. The Morgan fingerprint density at radius 3 is 2.00 bits per heavy atom. The fourth-order valence-corrected chi connectivity index (χ4v) is 7820. The van der Waals surface area contributed by atoms with Crippen LogP contribution in [0.1, 0.15) is 0 Å². The van der Waals surface area contributed by atoms with Crippen molar-refractivity contribution < 1.29 is 5.91 Å². The summed E-state index contributed by atoms with van der Waals surface area (Å²) < 4.78 is 19.8. The summed E-state index contributed by atoms with van der Waals surface area (Å²) in [7, 11) is 0. The van der Waals surface area contributed by atoms with Gasteiger partial charge in [-0.2, -0.15) is 0 Å². The number of hydrogen-bond donors (Lipinski definition) is 1. The second-order valence-electron chi connectivity index (χ2n) is 1.22. The average molecular weight is 3380 g/mol. The van der Waals surface area contributed by atoms with Gasteiger partial charge in [0.15, 0.2) is 0 Å². The summed E-state index contributed by atoms with van der Waals surface area (Å²) in [5, 5.41) is 0. The van der Waals surface area contributed by atoms with Crippen molar-refractivity contribution in [1.82, 2.24) is 0 Å². The Labute approximate surface area is 218 Å². The molecule has 0 radical (unpaired) electrons. The molecule has 18 heteroatoms. The van der Waals surface area contributed by atoms with Gasteiger partial charge in [-0.25, -0.2) is 0 Å². The predicted octanol–water partition coefficient (Wildman–Crippen LogP) is -7.57. The molecule has 0 atom stereocenters. The van der Waals surface area contributed by atoms with E-state index in [1.165, 1.54) is 0 Å². The van der Waals surface area contributed by atoms with E-state index in [1.807, 2.05) is 20.1 Å². The molecule has 0 saturated heterocycles. The molecule has 0 spiro atoms. The molecule has 0 fully saturated rings. The van der Waals surface area contributed by atoms with Gasteiger partial charge in [-0.1, -0.05) is 0 Å². The van der Waals surface area contributed by atoms with Crippen LogP contribution < -0.4 is 0 Å². The molecule has 0 aromatic heterocycles. The van der Waals surface area contributed by atoms with Crippen molar-refractivity contribution in [2.75, 3.05) is 0 Å².